The molecule has 11 heavy (non-hydrogen) atoms. The fourth-order valence-electron chi connectivity index (χ4n) is 1.07. The van der Waals surface area contributed by atoms with E-state index in [0.717, 1.165) is 19.6 Å². The van der Waals surface area contributed by atoms with Gasteiger partial charge in [0.2, 0.25) is 0 Å². The van der Waals surface area contributed by atoms with Crippen molar-refractivity contribution in [1.82, 2.24) is 10.2 Å². The Bertz CT molecular complexity index is 94.7. The molecule has 0 bridgehead atoms. The van der Waals surface area contributed by atoms with Crippen molar-refractivity contribution in [2.45, 2.75) is 6.04 Å². The van der Waals surface area contributed by atoms with Gasteiger partial charge in [-0.1, -0.05) is 0 Å². The molecule has 5 heteroatoms. The number of hydrogen-bond donors (Lipinski definition) is 2. The quantitative estimate of drug-likeness (QED) is 0.615. The van der Waals surface area contributed by atoms with Crippen molar-refractivity contribution in [3.63, 3.8) is 0 Å². The Balaban J connectivity index is 0. The van der Waals surface area contributed by atoms with Crippen LogP contribution in [0.2, 0.25) is 0 Å². The molecule has 0 spiro atoms. The number of hydrogen-bond acceptors (Lipinski definition) is 3. The van der Waals surface area contributed by atoms with Crippen molar-refractivity contribution in [2.75, 3.05) is 33.3 Å². The van der Waals surface area contributed by atoms with Gasteiger partial charge in [-0.05, 0) is 7.05 Å². The van der Waals surface area contributed by atoms with E-state index in [0.29, 0.717) is 6.04 Å². The van der Waals surface area contributed by atoms with Crippen molar-refractivity contribution in [3.05, 3.63) is 0 Å². The van der Waals surface area contributed by atoms with E-state index in [1.54, 1.807) is 0 Å². The van der Waals surface area contributed by atoms with Gasteiger partial charge in [0, 0.05) is 25.7 Å². The van der Waals surface area contributed by atoms with Crippen molar-refractivity contribution < 1.29 is 5.11 Å². The highest BCUT2D eigenvalue weighted by molar-refractivity contribution is 5.85. The second-order valence-corrected chi connectivity index (χ2v) is 2.52. The summed E-state index contributed by atoms with van der Waals surface area (Å²) in [7, 11) is 2.04. The van der Waals surface area contributed by atoms with E-state index >= 15 is 0 Å². The van der Waals surface area contributed by atoms with Crippen LogP contribution in [-0.2, 0) is 0 Å². The molecule has 1 rings (SSSR count). The molecule has 0 aromatic heterocycles. The van der Waals surface area contributed by atoms with Crippen LogP contribution in [0.5, 0.6) is 0 Å². The van der Waals surface area contributed by atoms with Crippen LogP contribution >= 0.6 is 24.8 Å². The third-order valence-corrected chi connectivity index (χ3v) is 1.86. The molecule has 1 fully saturated rings. The summed E-state index contributed by atoms with van der Waals surface area (Å²) in [5.74, 6) is 0. The number of aliphatic hydroxyl groups excluding tert-OH is 1. The number of halogens is 2. The van der Waals surface area contributed by atoms with Crippen LogP contribution in [0.3, 0.4) is 0 Å². The van der Waals surface area contributed by atoms with Gasteiger partial charge in [-0.3, -0.25) is 4.90 Å². The maximum absolute atomic E-state index is 8.78. The van der Waals surface area contributed by atoms with Gasteiger partial charge in [-0.2, -0.15) is 0 Å². The molecule has 0 aromatic rings. The Morgan fingerprint density at radius 3 is 2.55 bits per heavy atom. The minimum absolute atomic E-state index is 0. The predicted molar refractivity (Wildman–Crippen MR) is 50.9 cm³/mol. The highest BCUT2D eigenvalue weighted by Crippen LogP contribution is 1.96. The summed E-state index contributed by atoms with van der Waals surface area (Å²) < 4.78 is 0. The molecule has 1 atom stereocenters. The largest absolute Gasteiger partial charge is 0.395 e. The molecule has 3 nitrogen and oxygen atoms in total. The molecular formula is C6H16Cl2N2O. The first kappa shape index (κ1) is 14.0. The molecule has 0 aliphatic carbocycles. The maximum atomic E-state index is 8.78. The molecule has 1 aliphatic heterocycles. The summed E-state index contributed by atoms with van der Waals surface area (Å²) in [6, 6.07) is 0.332. The summed E-state index contributed by atoms with van der Waals surface area (Å²) in [6.07, 6.45) is 0. The standard InChI is InChI=1S/C6H14N2O.2ClH/c1-8-3-2-7-4-6(8)5-9;;/h6-7,9H,2-5H2,1H3;2*1H/t6-;;/m0../s1. The van der Waals surface area contributed by atoms with Crippen molar-refractivity contribution in [1.29, 1.82) is 0 Å². The SMILES string of the molecule is CN1CCNC[C@H]1CO.Cl.Cl. The van der Waals surface area contributed by atoms with E-state index < -0.39 is 0 Å². The van der Waals surface area contributed by atoms with Gasteiger partial charge >= 0.3 is 0 Å². The van der Waals surface area contributed by atoms with Crippen molar-refractivity contribution in [3.8, 4) is 0 Å². The van der Waals surface area contributed by atoms with Gasteiger partial charge in [0.25, 0.3) is 0 Å². The molecule has 0 unspecified atom stereocenters. The maximum Gasteiger partial charge on any atom is 0.0599 e. The Hall–Kier alpha value is 0.460. The Kier molecular flexibility index (Phi) is 9.08. The molecule has 1 aliphatic rings. The summed E-state index contributed by atoms with van der Waals surface area (Å²) in [5, 5.41) is 12.0. The lowest BCUT2D eigenvalue weighted by atomic mass is 10.2. The lowest BCUT2D eigenvalue weighted by Gasteiger charge is -2.31. The van der Waals surface area contributed by atoms with Crippen LogP contribution < -0.4 is 5.32 Å². The van der Waals surface area contributed by atoms with Crippen LogP contribution in [0.25, 0.3) is 0 Å². The molecule has 1 heterocycles. The fourth-order valence-corrected chi connectivity index (χ4v) is 1.07. The monoisotopic (exact) mass is 202 g/mol. The van der Waals surface area contributed by atoms with E-state index in [2.05, 4.69) is 10.2 Å². The van der Waals surface area contributed by atoms with Gasteiger partial charge in [0.1, 0.15) is 0 Å². The van der Waals surface area contributed by atoms with Crippen LogP contribution in [-0.4, -0.2) is 49.3 Å². The summed E-state index contributed by atoms with van der Waals surface area (Å²) in [6.45, 7) is 3.29. The first-order valence-electron chi connectivity index (χ1n) is 3.36. The van der Waals surface area contributed by atoms with Crippen LogP contribution in [0.1, 0.15) is 0 Å². The third-order valence-electron chi connectivity index (χ3n) is 1.86. The van der Waals surface area contributed by atoms with E-state index in [9.17, 15) is 0 Å². The zero-order valence-corrected chi connectivity index (χ0v) is 8.25. The van der Waals surface area contributed by atoms with Gasteiger partial charge in [0.05, 0.1) is 6.61 Å². The Labute approximate surface area is 80.0 Å². The summed E-state index contributed by atoms with van der Waals surface area (Å²) >= 11 is 0. The topological polar surface area (TPSA) is 35.5 Å². The van der Waals surface area contributed by atoms with Gasteiger partial charge in [-0.25, -0.2) is 0 Å². The first-order chi connectivity index (χ1) is 4.34. The van der Waals surface area contributed by atoms with Gasteiger partial charge in [0.15, 0.2) is 0 Å². The zero-order chi connectivity index (χ0) is 6.69. The average molecular weight is 203 g/mol. The number of nitrogens with one attached hydrogen (secondary N) is 1. The first-order valence-corrected chi connectivity index (χ1v) is 3.36. The summed E-state index contributed by atoms with van der Waals surface area (Å²) in [5.41, 5.74) is 0. The molecular weight excluding hydrogens is 187 g/mol. The van der Waals surface area contributed by atoms with Crippen molar-refractivity contribution >= 4 is 24.8 Å². The van der Waals surface area contributed by atoms with E-state index in [4.69, 9.17) is 5.11 Å². The smallest absolute Gasteiger partial charge is 0.0599 e. The predicted octanol–water partition coefficient (Wildman–Crippen LogP) is -0.274. The van der Waals surface area contributed by atoms with Crippen molar-refractivity contribution in [2.24, 2.45) is 0 Å². The van der Waals surface area contributed by atoms with Gasteiger partial charge < -0.3 is 10.4 Å². The molecule has 0 radical (unpaired) electrons. The molecule has 2 N–H and O–H groups in total. The minimum atomic E-state index is 0. The number of likely N-dealkylation sites (N-methyl/N-ethyl adjacent to an activating group) is 1. The molecule has 1 saturated heterocycles. The van der Waals surface area contributed by atoms with E-state index in [1.807, 2.05) is 7.05 Å². The molecule has 0 saturated carbocycles. The second-order valence-electron chi connectivity index (χ2n) is 2.52. The lowest BCUT2D eigenvalue weighted by Crippen LogP contribution is -2.50. The summed E-state index contributed by atoms with van der Waals surface area (Å²) in [4.78, 5) is 2.18. The highest BCUT2D eigenvalue weighted by atomic mass is 35.5. The Morgan fingerprint density at radius 1 is 1.55 bits per heavy atom. The average Bonchev–Trinajstić information content (AvgIpc) is 1.89. The molecule has 0 amide bonds. The second kappa shape index (κ2) is 7.13. The zero-order valence-electron chi connectivity index (χ0n) is 6.62. The van der Waals surface area contributed by atoms with Crippen LogP contribution in [0.15, 0.2) is 0 Å². The lowest BCUT2D eigenvalue weighted by molar-refractivity contribution is 0.124. The van der Waals surface area contributed by atoms with Gasteiger partial charge in [-0.15, -0.1) is 24.8 Å². The number of rotatable bonds is 1. The number of nitrogens with zero attached hydrogens (tertiary/aromatic N) is 1. The van der Waals surface area contributed by atoms with E-state index in [-0.39, 0.29) is 31.4 Å². The van der Waals surface area contributed by atoms with Crippen LogP contribution in [0, 0.1) is 0 Å². The normalized spacial score (nSPS) is 25.1. The van der Waals surface area contributed by atoms with E-state index in [1.165, 1.54) is 0 Å². The fraction of sp³-hybridized carbons (Fsp3) is 1.00. The Morgan fingerprint density at radius 2 is 2.18 bits per heavy atom. The third kappa shape index (κ3) is 4.13. The number of piperazine rings is 1. The molecule has 70 valence electrons. The van der Waals surface area contributed by atoms with Crippen LogP contribution in [0.4, 0.5) is 0 Å². The highest BCUT2D eigenvalue weighted by Gasteiger charge is 2.16. The molecule has 0 aromatic carbocycles. The number of aliphatic hydroxyl groups is 1. The minimum Gasteiger partial charge on any atom is -0.395 e.